The maximum Gasteiger partial charge on any atom is 0.208 e. The molecule has 0 bridgehead atoms. The highest BCUT2D eigenvalue weighted by molar-refractivity contribution is 5.05. The summed E-state index contributed by atoms with van der Waals surface area (Å²) in [7, 11) is 0. The number of likely N-dealkylation sites (tertiary alicyclic amines) is 1. The molecule has 0 radical (unpaired) electrons. The fraction of sp³-hybridized carbons (Fsp3) is 0.643. The van der Waals surface area contributed by atoms with Gasteiger partial charge in [0.1, 0.15) is 18.4 Å². The molecule has 1 aliphatic rings. The van der Waals surface area contributed by atoms with Crippen LogP contribution in [0.2, 0.25) is 0 Å². The van der Waals surface area contributed by atoms with Crippen LogP contribution in [-0.4, -0.2) is 37.7 Å². The van der Waals surface area contributed by atoms with Crippen LogP contribution in [0.1, 0.15) is 30.2 Å². The third-order valence-electron chi connectivity index (χ3n) is 3.95. The number of aromatic nitrogens is 4. The van der Waals surface area contributed by atoms with Gasteiger partial charge in [0, 0.05) is 13.1 Å². The summed E-state index contributed by atoms with van der Waals surface area (Å²) in [4.78, 5) is 10.9. The Hall–Kier alpha value is -1.69. The molecule has 0 amide bonds. The van der Waals surface area contributed by atoms with Crippen LogP contribution >= 0.6 is 0 Å². The average Bonchev–Trinajstić information content (AvgIpc) is 3.01. The molecule has 20 heavy (non-hydrogen) atoms. The van der Waals surface area contributed by atoms with E-state index in [1.165, 1.54) is 12.8 Å². The van der Waals surface area contributed by atoms with E-state index in [-0.39, 0.29) is 0 Å². The molecule has 0 saturated carbocycles. The Morgan fingerprint density at radius 1 is 1.40 bits per heavy atom. The molecule has 0 aliphatic carbocycles. The second kappa shape index (κ2) is 5.75. The van der Waals surface area contributed by atoms with E-state index in [1.54, 1.807) is 12.7 Å². The highest BCUT2D eigenvalue weighted by Gasteiger charge is 2.22. The molecule has 0 aromatic carbocycles. The Kier molecular flexibility index (Phi) is 3.82. The Labute approximate surface area is 118 Å². The van der Waals surface area contributed by atoms with Gasteiger partial charge in [-0.25, -0.2) is 9.97 Å². The van der Waals surface area contributed by atoms with E-state index in [2.05, 4.69) is 20.0 Å². The van der Waals surface area contributed by atoms with Crippen molar-refractivity contribution in [3.05, 3.63) is 30.0 Å². The van der Waals surface area contributed by atoms with Crippen LogP contribution in [0.5, 0.6) is 0 Å². The lowest BCUT2D eigenvalue weighted by Gasteiger charge is -2.31. The van der Waals surface area contributed by atoms with Crippen molar-refractivity contribution in [1.29, 1.82) is 0 Å². The quantitative estimate of drug-likeness (QED) is 0.851. The predicted octanol–water partition coefficient (Wildman–Crippen LogP) is 1.80. The number of piperidine rings is 1. The normalized spacial score (nSPS) is 20.4. The fourth-order valence-corrected chi connectivity index (χ4v) is 2.83. The molecule has 6 nitrogen and oxygen atoms in total. The largest absolute Gasteiger partial charge is 0.444 e. The molecule has 108 valence electrons. The van der Waals surface area contributed by atoms with Crippen molar-refractivity contribution >= 4 is 0 Å². The van der Waals surface area contributed by atoms with Crippen molar-refractivity contribution in [2.75, 3.05) is 13.1 Å². The topological polar surface area (TPSA) is 60.0 Å². The summed E-state index contributed by atoms with van der Waals surface area (Å²) in [5.74, 6) is 2.39. The van der Waals surface area contributed by atoms with Gasteiger partial charge in [0.15, 0.2) is 0 Å². The highest BCUT2D eigenvalue weighted by atomic mass is 16.4. The van der Waals surface area contributed by atoms with Gasteiger partial charge in [0.25, 0.3) is 0 Å². The van der Waals surface area contributed by atoms with Crippen LogP contribution in [0.25, 0.3) is 0 Å². The zero-order valence-corrected chi connectivity index (χ0v) is 12.1. The van der Waals surface area contributed by atoms with Crippen molar-refractivity contribution in [3.8, 4) is 0 Å². The zero-order valence-electron chi connectivity index (χ0n) is 12.1. The molecule has 0 unspecified atom stereocenters. The highest BCUT2D eigenvalue weighted by Crippen LogP contribution is 2.20. The zero-order chi connectivity index (χ0) is 13.9. The Morgan fingerprint density at radius 3 is 3.00 bits per heavy atom. The van der Waals surface area contributed by atoms with Crippen LogP contribution in [-0.2, 0) is 13.1 Å². The summed E-state index contributed by atoms with van der Waals surface area (Å²) in [6, 6.07) is 0. The summed E-state index contributed by atoms with van der Waals surface area (Å²) in [5, 5.41) is 4.19. The monoisotopic (exact) mass is 275 g/mol. The molecule has 0 spiro atoms. The fourth-order valence-electron chi connectivity index (χ4n) is 2.83. The van der Waals surface area contributed by atoms with Crippen molar-refractivity contribution in [2.24, 2.45) is 5.92 Å². The molecular formula is C14H21N5O. The Balaban J connectivity index is 1.57. The molecule has 3 heterocycles. The minimum atomic E-state index is 0.627. The van der Waals surface area contributed by atoms with Crippen molar-refractivity contribution < 1.29 is 4.42 Å². The first kappa shape index (κ1) is 13.3. The molecule has 2 aromatic heterocycles. The van der Waals surface area contributed by atoms with Gasteiger partial charge in [-0.1, -0.05) is 0 Å². The minimum Gasteiger partial charge on any atom is -0.444 e. The first-order valence-corrected chi connectivity index (χ1v) is 7.18. The third-order valence-corrected chi connectivity index (χ3v) is 3.95. The molecule has 1 aliphatic heterocycles. The van der Waals surface area contributed by atoms with Gasteiger partial charge in [0.05, 0.1) is 12.2 Å². The molecule has 1 atom stereocenters. The second-order valence-electron chi connectivity index (χ2n) is 5.61. The molecule has 0 N–H and O–H groups in total. The minimum absolute atomic E-state index is 0.627. The van der Waals surface area contributed by atoms with Gasteiger partial charge in [0.2, 0.25) is 5.89 Å². The van der Waals surface area contributed by atoms with Crippen molar-refractivity contribution in [3.63, 3.8) is 0 Å². The lowest BCUT2D eigenvalue weighted by molar-refractivity contribution is 0.141. The number of hydrogen-bond donors (Lipinski definition) is 0. The third kappa shape index (κ3) is 3.07. The summed E-state index contributed by atoms with van der Waals surface area (Å²) in [6.45, 7) is 7.90. The van der Waals surface area contributed by atoms with Gasteiger partial charge in [-0.15, -0.1) is 0 Å². The van der Waals surface area contributed by atoms with E-state index in [4.69, 9.17) is 4.42 Å². The maximum atomic E-state index is 5.68. The van der Waals surface area contributed by atoms with Gasteiger partial charge in [-0.05, 0) is 39.2 Å². The van der Waals surface area contributed by atoms with E-state index in [0.717, 1.165) is 43.5 Å². The van der Waals surface area contributed by atoms with Crippen molar-refractivity contribution in [1.82, 2.24) is 24.6 Å². The second-order valence-corrected chi connectivity index (χ2v) is 5.61. The molecule has 6 heteroatoms. The number of rotatable bonds is 4. The summed E-state index contributed by atoms with van der Waals surface area (Å²) >= 11 is 0. The molecule has 3 rings (SSSR count). The molecule has 2 aromatic rings. The number of oxazole rings is 1. The lowest BCUT2D eigenvalue weighted by atomic mass is 9.98. The lowest BCUT2D eigenvalue weighted by Crippen LogP contribution is -2.36. The average molecular weight is 275 g/mol. The van der Waals surface area contributed by atoms with E-state index in [0.29, 0.717) is 5.92 Å². The van der Waals surface area contributed by atoms with Gasteiger partial charge < -0.3 is 4.42 Å². The van der Waals surface area contributed by atoms with Crippen LogP contribution < -0.4 is 0 Å². The van der Waals surface area contributed by atoms with E-state index in [1.807, 2.05) is 18.5 Å². The first-order valence-electron chi connectivity index (χ1n) is 7.18. The van der Waals surface area contributed by atoms with E-state index < -0.39 is 0 Å². The van der Waals surface area contributed by atoms with Crippen molar-refractivity contribution in [2.45, 2.75) is 39.8 Å². The first-order chi connectivity index (χ1) is 9.70. The Morgan fingerprint density at radius 2 is 2.30 bits per heavy atom. The van der Waals surface area contributed by atoms with Crippen LogP contribution in [0.15, 0.2) is 17.1 Å². The smallest absolute Gasteiger partial charge is 0.208 e. The summed E-state index contributed by atoms with van der Waals surface area (Å²) in [6.07, 6.45) is 5.86. The van der Waals surface area contributed by atoms with Gasteiger partial charge >= 0.3 is 0 Å². The Bertz CT molecular complexity index is 528. The number of aryl methyl sites for hydroxylation is 2. The van der Waals surface area contributed by atoms with Crippen LogP contribution in [0, 0.1) is 19.8 Å². The van der Waals surface area contributed by atoms with Crippen LogP contribution in [0.3, 0.4) is 0 Å². The van der Waals surface area contributed by atoms with E-state index >= 15 is 0 Å². The maximum absolute atomic E-state index is 5.68. The predicted molar refractivity (Wildman–Crippen MR) is 74.0 cm³/mol. The number of hydrogen-bond acceptors (Lipinski definition) is 5. The molecular weight excluding hydrogens is 254 g/mol. The van der Waals surface area contributed by atoms with Gasteiger partial charge in [-0.2, -0.15) is 5.10 Å². The standard InChI is InChI=1S/C14H21N5O/c1-11-12(2)20-14(17-11)8-18-5-3-4-13(6-18)7-19-10-15-9-16-19/h9-10,13H,3-8H2,1-2H3/t13-/m1/s1. The molecule has 1 fully saturated rings. The summed E-state index contributed by atoms with van der Waals surface area (Å²) < 4.78 is 7.60. The van der Waals surface area contributed by atoms with E-state index in [9.17, 15) is 0 Å². The van der Waals surface area contributed by atoms with Crippen LogP contribution in [0.4, 0.5) is 0 Å². The molecule has 1 saturated heterocycles. The number of nitrogens with zero attached hydrogens (tertiary/aromatic N) is 5. The summed E-state index contributed by atoms with van der Waals surface area (Å²) in [5.41, 5.74) is 0.996. The van der Waals surface area contributed by atoms with Gasteiger partial charge in [-0.3, -0.25) is 9.58 Å². The SMILES string of the molecule is Cc1nc(CN2CCC[C@@H](Cn3cncn3)C2)oc1C.